The quantitative estimate of drug-likeness (QED) is 0.761. The molecule has 2 atom stereocenters. The van der Waals surface area contributed by atoms with Gasteiger partial charge in [-0.1, -0.05) is 0 Å². The molecule has 0 aromatic heterocycles. The Bertz CT molecular complexity index is 853. The summed E-state index contributed by atoms with van der Waals surface area (Å²) in [4.78, 5) is 26.3. The fourth-order valence-corrected chi connectivity index (χ4v) is 3.08. The molecule has 27 heavy (non-hydrogen) atoms. The van der Waals surface area contributed by atoms with Gasteiger partial charge in [-0.25, -0.2) is 9.00 Å². The van der Waals surface area contributed by atoms with E-state index < -0.39 is 23.3 Å². The molecular formula is C18H18N2O6S. The van der Waals surface area contributed by atoms with Crippen molar-refractivity contribution in [3.8, 4) is 5.75 Å². The number of nitrogens with one attached hydrogen (secondary N) is 1. The van der Waals surface area contributed by atoms with Crippen molar-refractivity contribution in [3.63, 3.8) is 0 Å². The summed E-state index contributed by atoms with van der Waals surface area (Å²) in [6.45, 7) is 0.390. The highest BCUT2D eigenvalue weighted by Crippen LogP contribution is 2.24. The molecule has 0 aliphatic carbocycles. The highest BCUT2D eigenvalue weighted by atomic mass is 32.2. The summed E-state index contributed by atoms with van der Waals surface area (Å²) in [7, 11) is 1.55. The largest absolute Gasteiger partial charge is 0.497 e. The van der Waals surface area contributed by atoms with Crippen LogP contribution in [0.5, 0.6) is 5.75 Å². The van der Waals surface area contributed by atoms with Gasteiger partial charge in [-0.15, -0.1) is 0 Å². The van der Waals surface area contributed by atoms with Crippen LogP contribution in [0.2, 0.25) is 0 Å². The molecule has 8 nitrogen and oxygen atoms in total. The molecule has 9 heteroatoms. The Morgan fingerprint density at radius 3 is 2.44 bits per heavy atom. The summed E-state index contributed by atoms with van der Waals surface area (Å²) in [6, 6.07) is 12.8. The van der Waals surface area contributed by atoms with Crippen LogP contribution >= 0.6 is 0 Å². The number of nitrogens with zero attached hydrogens (tertiary/aromatic N) is 1. The molecule has 0 radical (unpaired) electrons. The molecule has 1 aliphatic rings. The SMILES string of the molecule is COc1ccc(NC(=O)O[C@H]2CCN(c3ccc(S(=O)O)cc3)C2=O)cc1. The molecule has 0 spiro atoms. The van der Waals surface area contributed by atoms with Gasteiger partial charge in [0.1, 0.15) is 5.75 Å². The summed E-state index contributed by atoms with van der Waals surface area (Å²) in [5.74, 6) is 0.323. The maximum Gasteiger partial charge on any atom is 0.412 e. The molecule has 1 fully saturated rings. The summed E-state index contributed by atoms with van der Waals surface area (Å²) in [5.41, 5.74) is 1.10. The van der Waals surface area contributed by atoms with Crippen molar-refractivity contribution in [3.05, 3.63) is 48.5 Å². The van der Waals surface area contributed by atoms with Crippen LogP contribution in [0.15, 0.2) is 53.4 Å². The first-order chi connectivity index (χ1) is 13.0. The topological polar surface area (TPSA) is 105 Å². The average Bonchev–Trinajstić information content (AvgIpc) is 3.02. The van der Waals surface area contributed by atoms with E-state index in [9.17, 15) is 13.8 Å². The predicted octanol–water partition coefficient (Wildman–Crippen LogP) is 2.63. The van der Waals surface area contributed by atoms with E-state index in [0.717, 1.165) is 0 Å². The van der Waals surface area contributed by atoms with Crippen LogP contribution in [-0.2, 0) is 20.6 Å². The lowest BCUT2D eigenvalue weighted by Gasteiger charge is -2.17. The van der Waals surface area contributed by atoms with E-state index >= 15 is 0 Å². The van der Waals surface area contributed by atoms with Gasteiger partial charge in [0.2, 0.25) is 0 Å². The first-order valence-corrected chi connectivity index (χ1v) is 9.22. The molecule has 0 saturated carbocycles. The summed E-state index contributed by atoms with van der Waals surface area (Å²) in [6.07, 6.45) is -1.23. The van der Waals surface area contributed by atoms with E-state index in [2.05, 4.69) is 5.32 Å². The number of carbonyl (C=O) groups excluding carboxylic acids is 2. The molecule has 0 bridgehead atoms. The Balaban J connectivity index is 1.59. The van der Waals surface area contributed by atoms with Crippen LogP contribution in [0.25, 0.3) is 0 Å². The van der Waals surface area contributed by atoms with Gasteiger partial charge in [0.15, 0.2) is 17.2 Å². The molecule has 2 aromatic carbocycles. The molecule has 142 valence electrons. The van der Waals surface area contributed by atoms with E-state index in [1.165, 1.54) is 17.0 Å². The maximum atomic E-state index is 12.5. The van der Waals surface area contributed by atoms with Crippen molar-refractivity contribution in [2.45, 2.75) is 17.4 Å². The van der Waals surface area contributed by atoms with Gasteiger partial charge in [0.25, 0.3) is 5.91 Å². The number of hydrogen-bond acceptors (Lipinski definition) is 5. The monoisotopic (exact) mass is 390 g/mol. The Hall–Kier alpha value is -2.91. The van der Waals surface area contributed by atoms with Crippen molar-refractivity contribution in [1.82, 2.24) is 0 Å². The van der Waals surface area contributed by atoms with E-state index in [1.54, 1.807) is 43.5 Å². The highest BCUT2D eigenvalue weighted by molar-refractivity contribution is 7.79. The second kappa shape index (κ2) is 8.19. The predicted molar refractivity (Wildman–Crippen MR) is 99.3 cm³/mol. The van der Waals surface area contributed by atoms with Crippen LogP contribution in [0, 0.1) is 0 Å². The third-order valence-corrected chi connectivity index (χ3v) is 4.77. The van der Waals surface area contributed by atoms with E-state index in [4.69, 9.17) is 14.0 Å². The van der Waals surface area contributed by atoms with Gasteiger partial charge in [0.05, 0.1) is 12.0 Å². The number of rotatable bonds is 5. The minimum absolute atomic E-state index is 0.247. The molecule has 2 N–H and O–H groups in total. The number of benzene rings is 2. The Morgan fingerprint density at radius 1 is 1.19 bits per heavy atom. The summed E-state index contributed by atoms with van der Waals surface area (Å²) >= 11 is -2.07. The zero-order valence-corrected chi connectivity index (χ0v) is 15.3. The fourth-order valence-electron chi connectivity index (χ4n) is 2.71. The van der Waals surface area contributed by atoms with Gasteiger partial charge in [-0.2, -0.15) is 0 Å². The number of hydrogen-bond donors (Lipinski definition) is 2. The number of carbonyl (C=O) groups is 2. The van der Waals surface area contributed by atoms with Crippen molar-refractivity contribution in [2.24, 2.45) is 0 Å². The lowest BCUT2D eigenvalue weighted by molar-refractivity contribution is -0.124. The number of methoxy groups -OCH3 is 1. The number of anilines is 2. The lowest BCUT2D eigenvalue weighted by atomic mass is 10.3. The van der Waals surface area contributed by atoms with E-state index in [-0.39, 0.29) is 10.8 Å². The summed E-state index contributed by atoms with van der Waals surface area (Å²) in [5, 5.41) is 2.57. The molecule has 2 amide bonds. The number of amides is 2. The van der Waals surface area contributed by atoms with Crippen LogP contribution < -0.4 is 15.0 Å². The van der Waals surface area contributed by atoms with Crippen molar-refractivity contribution >= 4 is 34.5 Å². The zero-order chi connectivity index (χ0) is 19.4. The van der Waals surface area contributed by atoms with Gasteiger partial charge in [-0.05, 0) is 48.5 Å². The molecule has 1 saturated heterocycles. The van der Waals surface area contributed by atoms with Gasteiger partial charge >= 0.3 is 6.09 Å². The Kier molecular flexibility index (Phi) is 5.72. The third kappa shape index (κ3) is 4.44. The van der Waals surface area contributed by atoms with Gasteiger partial charge < -0.3 is 18.9 Å². The van der Waals surface area contributed by atoms with E-state index in [1.807, 2.05) is 0 Å². The fraction of sp³-hybridized carbons (Fsp3) is 0.222. The van der Waals surface area contributed by atoms with Crippen LogP contribution in [0.3, 0.4) is 0 Å². The minimum atomic E-state index is -2.07. The van der Waals surface area contributed by atoms with E-state index in [0.29, 0.717) is 30.1 Å². The molecular weight excluding hydrogens is 372 g/mol. The minimum Gasteiger partial charge on any atom is -0.497 e. The Morgan fingerprint density at radius 2 is 1.85 bits per heavy atom. The zero-order valence-electron chi connectivity index (χ0n) is 14.5. The molecule has 3 rings (SSSR count). The second-order valence-corrected chi connectivity index (χ2v) is 6.74. The van der Waals surface area contributed by atoms with Gasteiger partial charge in [-0.3, -0.25) is 10.1 Å². The third-order valence-electron chi connectivity index (χ3n) is 4.09. The second-order valence-electron chi connectivity index (χ2n) is 5.77. The smallest absolute Gasteiger partial charge is 0.412 e. The van der Waals surface area contributed by atoms with Crippen LogP contribution in [-0.4, -0.2) is 40.5 Å². The highest BCUT2D eigenvalue weighted by Gasteiger charge is 2.35. The molecule has 1 heterocycles. The first-order valence-electron chi connectivity index (χ1n) is 8.12. The van der Waals surface area contributed by atoms with Gasteiger partial charge in [0, 0.05) is 24.3 Å². The van der Waals surface area contributed by atoms with Crippen molar-refractivity contribution in [2.75, 3.05) is 23.9 Å². The normalized spacial score (nSPS) is 17.5. The summed E-state index contributed by atoms with van der Waals surface area (Å²) < 4.78 is 30.3. The first kappa shape index (κ1) is 18.9. The van der Waals surface area contributed by atoms with Crippen LogP contribution in [0.4, 0.5) is 16.2 Å². The van der Waals surface area contributed by atoms with Crippen molar-refractivity contribution < 1.29 is 27.8 Å². The molecule has 1 unspecified atom stereocenters. The number of ether oxygens (including phenoxy) is 2. The Labute approximate surface area is 158 Å². The average molecular weight is 390 g/mol. The van der Waals surface area contributed by atoms with Crippen molar-refractivity contribution in [1.29, 1.82) is 0 Å². The lowest BCUT2D eigenvalue weighted by Crippen LogP contribution is -2.33. The molecule has 1 aliphatic heterocycles. The standard InChI is InChI=1S/C18H18N2O6S/c1-25-14-6-2-12(3-7-14)19-18(22)26-16-10-11-20(17(16)21)13-4-8-15(9-5-13)27(23)24/h2-9,16H,10-11H2,1H3,(H,19,22)(H,23,24)/t16-/m0/s1. The maximum absolute atomic E-state index is 12.5. The molecule has 2 aromatic rings. The van der Waals surface area contributed by atoms with Crippen LogP contribution in [0.1, 0.15) is 6.42 Å².